The molecule has 2 aliphatic heterocycles. The molecule has 0 aromatic heterocycles. The zero-order chi connectivity index (χ0) is 28.3. The lowest BCUT2D eigenvalue weighted by Crippen LogP contribution is -2.53. The second-order valence-corrected chi connectivity index (χ2v) is 10.8. The summed E-state index contributed by atoms with van der Waals surface area (Å²) in [6, 6.07) is 22.5. The smallest absolute Gasteiger partial charge is 0.407 e. The van der Waals surface area contributed by atoms with Gasteiger partial charge in [-0.05, 0) is 46.4 Å². The number of carbonyl (C=O) groups excluding carboxylic acids is 2. The van der Waals surface area contributed by atoms with Gasteiger partial charge in [0.05, 0.1) is 13.2 Å². The highest BCUT2D eigenvalue weighted by atomic mass is 16.5. The third kappa shape index (κ3) is 5.68. The normalized spacial score (nSPS) is 19.5. The second-order valence-electron chi connectivity index (χ2n) is 10.8. The van der Waals surface area contributed by atoms with E-state index in [1.165, 1.54) is 0 Å². The number of hydrogen-bond donors (Lipinski definition) is 2. The van der Waals surface area contributed by atoms with Crippen molar-refractivity contribution in [2.75, 3.05) is 44.4 Å². The number of nitrogens with one attached hydrogen (secondary N) is 1. The number of ether oxygens (including phenoxy) is 2. The molecule has 2 amide bonds. The molecule has 0 bridgehead atoms. The molecule has 2 saturated heterocycles. The van der Waals surface area contributed by atoms with E-state index < -0.39 is 18.1 Å². The van der Waals surface area contributed by atoms with Crippen LogP contribution in [0.25, 0.3) is 11.1 Å². The Kier molecular flexibility index (Phi) is 7.71. The Bertz CT molecular complexity index is 1390. The standard InChI is InChI=1S/C32H33N3O6/c36-30-18-34(23-13-16-40-19-23)14-15-35(30)22-11-9-21(10-12-22)17-29(31(37)38)33-32(39)41-20-28-26-7-3-1-5-24(26)25-6-2-4-8-27(25)28/h1-12,23,28-29H,13-20H2,(H,33,39)(H,37,38)/t23?,29-/m0/s1. The molecule has 3 aliphatic rings. The number of carboxylic acid groups (broad SMARTS) is 1. The second kappa shape index (κ2) is 11.7. The molecule has 9 nitrogen and oxygen atoms in total. The van der Waals surface area contributed by atoms with Gasteiger partial charge < -0.3 is 24.8 Å². The monoisotopic (exact) mass is 555 g/mol. The molecule has 0 spiro atoms. The van der Waals surface area contributed by atoms with Gasteiger partial charge in [0.2, 0.25) is 5.91 Å². The molecule has 1 aliphatic carbocycles. The summed E-state index contributed by atoms with van der Waals surface area (Å²) in [4.78, 5) is 41.5. The van der Waals surface area contributed by atoms with E-state index in [2.05, 4.69) is 22.3 Å². The van der Waals surface area contributed by atoms with Crippen LogP contribution in [0.5, 0.6) is 0 Å². The van der Waals surface area contributed by atoms with Crippen LogP contribution >= 0.6 is 0 Å². The molecular formula is C32H33N3O6. The van der Waals surface area contributed by atoms with Crippen LogP contribution in [0.4, 0.5) is 10.5 Å². The van der Waals surface area contributed by atoms with Crippen molar-refractivity contribution in [3.05, 3.63) is 89.5 Å². The van der Waals surface area contributed by atoms with Crippen molar-refractivity contribution in [3.8, 4) is 11.1 Å². The van der Waals surface area contributed by atoms with Crippen LogP contribution in [0, 0.1) is 0 Å². The summed E-state index contributed by atoms with van der Waals surface area (Å²) >= 11 is 0. The number of anilines is 1. The molecule has 2 fully saturated rings. The summed E-state index contributed by atoms with van der Waals surface area (Å²) in [5.41, 5.74) is 5.92. The fourth-order valence-electron chi connectivity index (χ4n) is 6.12. The van der Waals surface area contributed by atoms with Crippen LogP contribution in [0.2, 0.25) is 0 Å². The van der Waals surface area contributed by atoms with Crippen LogP contribution in [-0.4, -0.2) is 79.5 Å². The Morgan fingerprint density at radius 1 is 0.976 bits per heavy atom. The number of aliphatic carboxylic acids is 1. The molecule has 2 N–H and O–H groups in total. The van der Waals surface area contributed by atoms with Crippen molar-refractivity contribution in [2.45, 2.75) is 30.8 Å². The number of carboxylic acids is 1. The van der Waals surface area contributed by atoms with E-state index in [0.29, 0.717) is 25.7 Å². The lowest BCUT2D eigenvalue weighted by molar-refractivity contribution is -0.139. The average Bonchev–Trinajstić information content (AvgIpc) is 3.63. The van der Waals surface area contributed by atoms with Gasteiger partial charge in [-0.2, -0.15) is 0 Å². The average molecular weight is 556 g/mol. The highest BCUT2D eigenvalue weighted by Gasteiger charge is 2.32. The Labute approximate surface area is 238 Å². The number of nitrogens with zero attached hydrogens (tertiary/aromatic N) is 2. The number of rotatable bonds is 8. The first-order chi connectivity index (χ1) is 20.0. The maximum atomic E-state index is 12.8. The number of carbonyl (C=O) groups is 3. The number of piperazine rings is 1. The van der Waals surface area contributed by atoms with Gasteiger partial charge in [0.1, 0.15) is 12.6 Å². The number of alkyl carbamates (subject to hydrolysis) is 1. The number of amides is 2. The summed E-state index contributed by atoms with van der Waals surface area (Å²) in [6.07, 6.45) is 0.270. The van der Waals surface area contributed by atoms with Crippen LogP contribution < -0.4 is 10.2 Å². The maximum Gasteiger partial charge on any atom is 0.407 e. The molecule has 0 saturated carbocycles. The Morgan fingerprint density at radius 2 is 1.66 bits per heavy atom. The maximum absolute atomic E-state index is 12.8. The molecule has 3 aromatic carbocycles. The Morgan fingerprint density at radius 3 is 2.27 bits per heavy atom. The third-order valence-electron chi connectivity index (χ3n) is 8.29. The van der Waals surface area contributed by atoms with Crippen LogP contribution in [0.15, 0.2) is 72.8 Å². The van der Waals surface area contributed by atoms with Crippen molar-refractivity contribution in [1.29, 1.82) is 0 Å². The summed E-state index contributed by atoms with van der Waals surface area (Å²) < 4.78 is 11.0. The SMILES string of the molecule is O=C(N[C@@H](Cc1ccc(N2CCN(C3CCOC3)CC2=O)cc1)C(=O)O)OCC1c2ccccc2-c2ccccc21. The van der Waals surface area contributed by atoms with Crippen molar-refractivity contribution in [3.63, 3.8) is 0 Å². The molecule has 212 valence electrons. The first kappa shape index (κ1) is 27.0. The summed E-state index contributed by atoms with van der Waals surface area (Å²) in [7, 11) is 0. The molecular weight excluding hydrogens is 522 g/mol. The number of fused-ring (bicyclic) bond motifs is 3. The van der Waals surface area contributed by atoms with E-state index in [1.807, 2.05) is 48.5 Å². The fraction of sp³-hybridized carbons (Fsp3) is 0.344. The van der Waals surface area contributed by atoms with Crippen LogP contribution in [0.1, 0.15) is 29.0 Å². The van der Waals surface area contributed by atoms with E-state index in [1.54, 1.807) is 17.0 Å². The minimum atomic E-state index is -1.16. The van der Waals surface area contributed by atoms with Gasteiger partial charge in [-0.3, -0.25) is 9.69 Å². The summed E-state index contributed by atoms with van der Waals surface area (Å²) in [5.74, 6) is -1.22. The Hall–Kier alpha value is -4.21. The molecule has 2 atom stereocenters. The quantitative estimate of drug-likeness (QED) is 0.437. The molecule has 41 heavy (non-hydrogen) atoms. The van der Waals surface area contributed by atoms with E-state index in [0.717, 1.165) is 53.1 Å². The van der Waals surface area contributed by atoms with E-state index in [-0.39, 0.29) is 24.9 Å². The zero-order valence-corrected chi connectivity index (χ0v) is 22.7. The minimum Gasteiger partial charge on any atom is -0.480 e. The Balaban J connectivity index is 1.04. The predicted molar refractivity (Wildman–Crippen MR) is 153 cm³/mol. The van der Waals surface area contributed by atoms with Crippen molar-refractivity contribution in [2.24, 2.45) is 0 Å². The largest absolute Gasteiger partial charge is 0.480 e. The van der Waals surface area contributed by atoms with Gasteiger partial charge in [-0.1, -0.05) is 60.7 Å². The lowest BCUT2D eigenvalue weighted by Gasteiger charge is -2.37. The molecule has 9 heteroatoms. The number of benzene rings is 3. The topological polar surface area (TPSA) is 108 Å². The highest BCUT2D eigenvalue weighted by molar-refractivity contribution is 5.95. The summed E-state index contributed by atoms with van der Waals surface area (Å²) in [6.45, 7) is 3.27. The third-order valence-corrected chi connectivity index (χ3v) is 8.29. The van der Waals surface area contributed by atoms with E-state index in [4.69, 9.17) is 9.47 Å². The first-order valence-corrected chi connectivity index (χ1v) is 14.0. The van der Waals surface area contributed by atoms with Gasteiger partial charge in [0.15, 0.2) is 0 Å². The predicted octanol–water partition coefficient (Wildman–Crippen LogP) is 3.66. The van der Waals surface area contributed by atoms with Gasteiger partial charge in [0, 0.05) is 43.8 Å². The van der Waals surface area contributed by atoms with Crippen molar-refractivity contribution < 1.29 is 29.0 Å². The fourth-order valence-corrected chi connectivity index (χ4v) is 6.12. The molecule has 1 unspecified atom stereocenters. The molecule has 3 aromatic rings. The zero-order valence-electron chi connectivity index (χ0n) is 22.7. The van der Waals surface area contributed by atoms with E-state index >= 15 is 0 Å². The van der Waals surface area contributed by atoms with Crippen molar-refractivity contribution >= 4 is 23.7 Å². The molecule has 6 rings (SSSR count). The van der Waals surface area contributed by atoms with E-state index in [9.17, 15) is 19.5 Å². The number of hydrogen-bond acceptors (Lipinski definition) is 6. The van der Waals surface area contributed by atoms with Gasteiger partial charge in [-0.15, -0.1) is 0 Å². The van der Waals surface area contributed by atoms with Crippen LogP contribution in [-0.2, 0) is 25.5 Å². The summed E-state index contributed by atoms with van der Waals surface area (Å²) in [5, 5.41) is 12.3. The van der Waals surface area contributed by atoms with Crippen molar-refractivity contribution in [1.82, 2.24) is 10.2 Å². The highest BCUT2D eigenvalue weighted by Crippen LogP contribution is 2.44. The minimum absolute atomic E-state index is 0.0382. The van der Waals surface area contributed by atoms with Gasteiger partial charge >= 0.3 is 12.1 Å². The molecule has 2 heterocycles. The molecule has 0 radical (unpaired) electrons. The first-order valence-electron chi connectivity index (χ1n) is 14.0. The van der Waals surface area contributed by atoms with Gasteiger partial charge in [-0.25, -0.2) is 9.59 Å². The lowest BCUT2D eigenvalue weighted by atomic mass is 9.98. The van der Waals surface area contributed by atoms with Crippen LogP contribution in [0.3, 0.4) is 0 Å². The van der Waals surface area contributed by atoms with Gasteiger partial charge in [0.25, 0.3) is 0 Å².